The number of thiazole rings is 1. The number of imidazole rings is 1. The number of hydrogen-bond acceptors (Lipinski definition) is 5. The summed E-state index contributed by atoms with van der Waals surface area (Å²) < 4.78 is 2.08. The molecule has 2 aromatic heterocycles. The van der Waals surface area contributed by atoms with Crippen LogP contribution in [0.25, 0.3) is 4.96 Å². The average Bonchev–Trinajstić information content (AvgIpc) is 3.19. The number of fused-ring (bicyclic) bond motifs is 1. The Balaban J connectivity index is 1.57. The second-order valence-electron chi connectivity index (χ2n) is 7.53. The van der Waals surface area contributed by atoms with Crippen LogP contribution in [-0.2, 0) is 6.54 Å². The minimum atomic E-state index is -0.181. The molecule has 0 aromatic carbocycles. The van der Waals surface area contributed by atoms with Gasteiger partial charge in [0.2, 0.25) is 0 Å². The fraction of sp³-hybridized carbons (Fsp3) is 0.684. The van der Waals surface area contributed by atoms with Gasteiger partial charge in [0.05, 0.1) is 11.8 Å². The van der Waals surface area contributed by atoms with Crippen molar-refractivity contribution in [3.63, 3.8) is 0 Å². The van der Waals surface area contributed by atoms with E-state index in [1.54, 1.807) is 11.3 Å². The van der Waals surface area contributed by atoms with Gasteiger partial charge in [-0.2, -0.15) is 0 Å². The molecular weight excluding hydrogens is 348 g/mol. The number of rotatable bonds is 3. The molecule has 2 fully saturated rings. The van der Waals surface area contributed by atoms with E-state index in [-0.39, 0.29) is 12.0 Å². The Hall–Kier alpha value is -1.44. The molecule has 2 saturated heterocycles. The van der Waals surface area contributed by atoms with Crippen molar-refractivity contribution in [1.29, 1.82) is 0 Å². The lowest BCUT2D eigenvalue weighted by atomic mass is 10.1. The van der Waals surface area contributed by atoms with Crippen LogP contribution in [-0.4, -0.2) is 62.5 Å². The van der Waals surface area contributed by atoms with Gasteiger partial charge in [-0.1, -0.05) is 19.3 Å². The Morgan fingerprint density at radius 1 is 1.12 bits per heavy atom. The van der Waals surface area contributed by atoms with Gasteiger partial charge in [-0.05, 0) is 25.7 Å². The standard InChI is InChI=1S/C19H28N4O2S/c24-15-6-10-21(11-7-15)14-16-17(20-19-23(16)12-13-26-19)18(25)22-8-4-2-1-3-5-9-22/h12-13,15,24H,1-11,14H2. The highest BCUT2D eigenvalue weighted by atomic mass is 32.1. The third kappa shape index (κ3) is 3.80. The summed E-state index contributed by atoms with van der Waals surface area (Å²) in [5, 5.41) is 11.8. The Morgan fingerprint density at radius 2 is 1.81 bits per heavy atom. The highest BCUT2D eigenvalue weighted by Gasteiger charge is 2.27. The topological polar surface area (TPSA) is 61.1 Å². The molecule has 2 aromatic rings. The van der Waals surface area contributed by atoms with Crippen LogP contribution in [0.1, 0.15) is 61.1 Å². The summed E-state index contributed by atoms with van der Waals surface area (Å²) in [7, 11) is 0. The van der Waals surface area contributed by atoms with Crippen molar-refractivity contribution in [2.75, 3.05) is 26.2 Å². The quantitative estimate of drug-likeness (QED) is 0.895. The van der Waals surface area contributed by atoms with Crippen molar-refractivity contribution in [3.8, 4) is 0 Å². The predicted molar refractivity (Wildman–Crippen MR) is 103 cm³/mol. The maximum Gasteiger partial charge on any atom is 0.274 e. The molecule has 2 aliphatic heterocycles. The number of piperidine rings is 1. The summed E-state index contributed by atoms with van der Waals surface area (Å²) in [5.74, 6) is 0.0924. The summed E-state index contributed by atoms with van der Waals surface area (Å²) >= 11 is 1.58. The molecule has 1 amide bonds. The number of aromatic nitrogens is 2. The van der Waals surface area contributed by atoms with Gasteiger partial charge in [-0.25, -0.2) is 4.98 Å². The predicted octanol–water partition coefficient (Wildman–Crippen LogP) is 2.76. The van der Waals surface area contributed by atoms with Gasteiger partial charge in [0, 0.05) is 44.3 Å². The number of carbonyl (C=O) groups is 1. The van der Waals surface area contributed by atoms with Crippen molar-refractivity contribution in [2.24, 2.45) is 0 Å². The Morgan fingerprint density at radius 3 is 2.54 bits per heavy atom. The Kier molecular flexibility index (Phi) is 5.57. The molecular formula is C19H28N4O2S. The van der Waals surface area contributed by atoms with E-state index >= 15 is 0 Å². The molecule has 0 aliphatic carbocycles. The van der Waals surface area contributed by atoms with E-state index in [1.807, 2.05) is 16.5 Å². The molecule has 2 aliphatic rings. The van der Waals surface area contributed by atoms with Crippen molar-refractivity contribution >= 4 is 22.2 Å². The van der Waals surface area contributed by atoms with E-state index in [0.29, 0.717) is 5.69 Å². The molecule has 0 radical (unpaired) electrons. The maximum absolute atomic E-state index is 13.2. The van der Waals surface area contributed by atoms with Crippen molar-refractivity contribution in [1.82, 2.24) is 19.2 Å². The minimum absolute atomic E-state index is 0.0924. The van der Waals surface area contributed by atoms with Gasteiger partial charge < -0.3 is 10.0 Å². The number of aliphatic hydroxyl groups is 1. The first-order valence-corrected chi connectivity index (χ1v) is 10.7. The molecule has 7 heteroatoms. The molecule has 0 spiro atoms. The normalized spacial score (nSPS) is 21.0. The van der Waals surface area contributed by atoms with E-state index in [4.69, 9.17) is 4.98 Å². The van der Waals surface area contributed by atoms with E-state index in [2.05, 4.69) is 9.30 Å². The van der Waals surface area contributed by atoms with Crippen LogP contribution in [0.4, 0.5) is 0 Å². The molecule has 1 N–H and O–H groups in total. The maximum atomic E-state index is 13.2. The smallest absolute Gasteiger partial charge is 0.274 e. The molecule has 4 heterocycles. The van der Waals surface area contributed by atoms with E-state index in [0.717, 1.165) is 69.1 Å². The van der Waals surface area contributed by atoms with E-state index < -0.39 is 0 Å². The lowest BCUT2D eigenvalue weighted by molar-refractivity contribution is 0.0716. The van der Waals surface area contributed by atoms with Crippen LogP contribution in [0.15, 0.2) is 11.6 Å². The first-order valence-electron chi connectivity index (χ1n) is 9.86. The molecule has 142 valence electrons. The van der Waals surface area contributed by atoms with Crippen molar-refractivity contribution in [3.05, 3.63) is 23.0 Å². The number of carbonyl (C=O) groups excluding carboxylic acids is 1. The third-order valence-electron chi connectivity index (χ3n) is 5.64. The van der Waals surface area contributed by atoms with E-state index in [9.17, 15) is 9.90 Å². The van der Waals surface area contributed by atoms with Gasteiger partial charge in [-0.3, -0.25) is 14.1 Å². The van der Waals surface area contributed by atoms with E-state index in [1.165, 1.54) is 19.3 Å². The molecule has 0 saturated carbocycles. The second-order valence-corrected chi connectivity index (χ2v) is 8.40. The average molecular weight is 377 g/mol. The monoisotopic (exact) mass is 376 g/mol. The number of aliphatic hydroxyl groups excluding tert-OH is 1. The minimum Gasteiger partial charge on any atom is -0.393 e. The summed E-state index contributed by atoms with van der Waals surface area (Å²) in [4.78, 5) is 23.2. The molecule has 0 atom stereocenters. The summed E-state index contributed by atoms with van der Waals surface area (Å²) in [6, 6.07) is 0. The highest BCUT2D eigenvalue weighted by Crippen LogP contribution is 2.23. The summed E-state index contributed by atoms with van der Waals surface area (Å²) in [6.07, 6.45) is 9.35. The molecule has 6 nitrogen and oxygen atoms in total. The van der Waals surface area contributed by atoms with Crippen LogP contribution in [0, 0.1) is 0 Å². The van der Waals surface area contributed by atoms with Gasteiger partial charge in [0.1, 0.15) is 0 Å². The SMILES string of the molecule is O=C(c1nc2sccn2c1CN1CCC(O)CC1)N1CCCCCCC1. The molecule has 4 rings (SSSR count). The summed E-state index contributed by atoms with van der Waals surface area (Å²) in [5.41, 5.74) is 1.63. The molecule has 0 bridgehead atoms. The zero-order valence-corrected chi connectivity index (χ0v) is 16.1. The first-order chi connectivity index (χ1) is 12.7. The van der Waals surface area contributed by atoms with Crippen LogP contribution < -0.4 is 0 Å². The largest absolute Gasteiger partial charge is 0.393 e. The second kappa shape index (κ2) is 8.06. The number of hydrogen-bond donors (Lipinski definition) is 1. The van der Waals surface area contributed by atoms with Gasteiger partial charge in [0.15, 0.2) is 10.7 Å². The Bertz CT molecular complexity index is 740. The number of nitrogens with zero attached hydrogens (tertiary/aromatic N) is 4. The van der Waals surface area contributed by atoms with Gasteiger partial charge >= 0.3 is 0 Å². The first kappa shape index (κ1) is 17.9. The van der Waals surface area contributed by atoms with Crippen molar-refractivity contribution < 1.29 is 9.90 Å². The summed E-state index contributed by atoms with van der Waals surface area (Å²) in [6.45, 7) is 4.16. The zero-order chi connectivity index (χ0) is 17.9. The fourth-order valence-electron chi connectivity index (χ4n) is 4.04. The van der Waals surface area contributed by atoms with Crippen LogP contribution in [0.5, 0.6) is 0 Å². The molecule has 26 heavy (non-hydrogen) atoms. The molecule has 0 unspecified atom stereocenters. The van der Waals surface area contributed by atoms with Crippen molar-refractivity contribution in [2.45, 2.75) is 57.6 Å². The number of likely N-dealkylation sites (tertiary alicyclic amines) is 2. The zero-order valence-electron chi connectivity index (χ0n) is 15.3. The fourth-order valence-corrected chi connectivity index (χ4v) is 4.78. The third-order valence-corrected chi connectivity index (χ3v) is 6.39. The lowest BCUT2D eigenvalue weighted by Crippen LogP contribution is -2.37. The van der Waals surface area contributed by atoms with Crippen LogP contribution >= 0.6 is 11.3 Å². The van der Waals surface area contributed by atoms with Gasteiger partial charge in [-0.15, -0.1) is 11.3 Å². The Labute approximate surface area is 158 Å². The van der Waals surface area contributed by atoms with Crippen LogP contribution in [0.3, 0.4) is 0 Å². The van der Waals surface area contributed by atoms with Crippen LogP contribution in [0.2, 0.25) is 0 Å². The lowest BCUT2D eigenvalue weighted by Gasteiger charge is -2.29. The van der Waals surface area contributed by atoms with Gasteiger partial charge in [0.25, 0.3) is 5.91 Å². The number of amides is 1. The highest BCUT2D eigenvalue weighted by molar-refractivity contribution is 7.15.